The third kappa shape index (κ3) is 4.51. The summed E-state index contributed by atoms with van der Waals surface area (Å²) in [6, 6.07) is 13.4. The van der Waals surface area contributed by atoms with Crippen molar-refractivity contribution in [3.05, 3.63) is 88.4 Å². The second-order valence-corrected chi connectivity index (χ2v) is 7.61. The topological polar surface area (TPSA) is 85.0 Å². The first-order valence-corrected chi connectivity index (χ1v) is 10.1. The number of anilines is 1. The Morgan fingerprint density at radius 2 is 1.94 bits per heavy atom. The smallest absolute Gasteiger partial charge is 0.264 e. The number of rotatable bonds is 7. The van der Waals surface area contributed by atoms with E-state index in [4.69, 9.17) is 0 Å². The average molecular weight is 434 g/mol. The summed E-state index contributed by atoms with van der Waals surface area (Å²) in [4.78, 5) is 31.5. The molecule has 0 aliphatic heterocycles. The number of hydrogen-bond donors (Lipinski definition) is 1. The summed E-state index contributed by atoms with van der Waals surface area (Å²) < 4.78 is 16.4. The van der Waals surface area contributed by atoms with Crippen LogP contribution >= 0.6 is 0 Å². The summed E-state index contributed by atoms with van der Waals surface area (Å²) in [6.45, 7) is 0.915. The molecule has 164 valence electrons. The van der Waals surface area contributed by atoms with Gasteiger partial charge in [-0.25, -0.2) is 14.1 Å². The Kier molecular flexibility index (Phi) is 5.98. The first-order valence-electron chi connectivity index (χ1n) is 10.1. The number of benzene rings is 2. The molecule has 0 radical (unpaired) electrons. The highest BCUT2D eigenvalue weighted by Gasteiger charge is 2.11. The van der Waals surface area contributed by atoms with Crippen LogP contribution in [0.15, 0.2) is 65.8 Å². The molecule has 0 atom stereocenters. The van der Waals surface area contributed by atoms with Crippen LogP contribution in [0.5, 0.6) is 0 Å². The number of aromatic nitrogens is 4. The quantitative estimate of drug-likeness (QED) is 0.482. The van der Waals surface area contributed by atoms with Crippen molar-refractivity contribution < 1.29 is 9.18 Å². The summed E-state index contributed by atoms with van der Waals surface area (Å²) in [5, 5.41) is 7.47. The Hall–Kier alpha value is -4.01. The minimum Gasteiger partial charge on any atom is -0.378 e. The van der Waals surface area contributed by atoms with Gasteiger partial charge in [0.2, 0.25) is 0 Å². The summed E-state index contributed by atoms with van der Waals surface area (Å²) in [5.74, 6) is -0.537. The number of nitrogens with one attached hydrogen (secondary N) is 1. The summed E-state index contributed by atoms with van der Waals surface area (Å²) in [6.07, 6.45) is 2.90. The third-order valence-corrected chi connectivity index (χ3v) is 5.12. The zero-order valence-corrected chi connectivity index (χ0v) is 17.8. The summed E-state index contributed by atoms with van der Waals surface area (Å²) in [7, 11) is 3.88. The Labute approximate surface area is 183 Å². The molecule has 4 rings (SSSR count). The van der Waals surface area contributed by atoms with Gasteiger partial charge in [-0.05, 0) is 42.0 Å². The maximum atomic E-state index is 13.4. The fourth-order valence-corrected chi connectivity index (χ4v) is 3.39. The largest absolute Gasteiger partial charge is 0.378 e. The van der Waals surface area contributed by atoms with Crippen LogP contribution in [0.3, 0.4) is 0 Å². The Balaban J connectivity index is 1.42. The lowest BCUT2D eigenvalue weighted by atomic mass is 10.2. The minimum absolute atomic E-state index is 0.183. The molecular formula is C23H23FN6O2. The molecule has 0 aliphatic carbocycles. The van der Waals surface area contributed by atoms with Gasteiger partial charge in [0.1, 0.15) is 17.5 Å². The number of halogens is 1. The highest BCUT2D eigenvalue weighted by atomic mass is 19.1. The lowest BCUT2D eigenvalue weighted by molar-refractivity contribution is 0.0952. The molecule has 0 saturated heterocycles. The van der Waals surface area contributed by atoms with E-state index < -0.39 is 0 Å². The van der Waals surface area contributed by atoms with E-state index in [1.54, 1.807) is 28.9 Å². The van der Waals surface area contributed by atoms with E-state index >= 15 is 0 Å². The van der Waals surface area contributed by atoms with Crippen molar-refractivity contribution in [3.8, 4) is 0 Å². The summed E-state index contributed by atoms with van der Waals surface area (Å²) in [5.41, 5.74) is 2.44. The first-order chi connectivity index (χ1) is 15.4. The number of fused-ring (bicyclic) bond motifs is 1. The van der Waals surface area contributed by atoms with Gasteiger partial charge in [0.15, 0.2) is 5.65 Å². The lowest BCUT2D eigenvalue weighted by Crippen LogP contribution is -2.28. The Morgan fingerprint density at radius 3 is 2.66 bits per heavy atom. The van der Waals surface area contributed by atoms with Gasteiger partial charge >= 0.3 is 0 Å². The van der Waals surface area contributed by atoms with Crippen LogP contribution < -0.4 is 15.8 Å². The van der Waals surface area contributed by atoms with Gasteiger partial charge in [-0.3, -0.25) is 14.2 Å². The van der Waals surface area contributed by atoms with Crippen molar-refractivity contribution in [3.63, 3.8) is 0 Å². The lowest BCUT2D eigenvalue weighted by Gasteiger charge is -2.12. The van der Waals surface area contributed by atoms with Crippen molar-refractivity contribution in [2.75, 3.05) is 25.5 Å². The molecule has 0 spiro atoms. The number of nitrogens with zero attached hydrogens (tertiary/aromatic N) is 5. The number of carbonyl (C=O) groups excluding carboxylic acids is 1. The summed E-state index contributed by atoms with van der Waals surface area (Å²) >= 11 is 0. The fraction of sp³-hybridized carbons (Fsp3) is 0.217. The van der Waals surface area contributed by atoms with E-state index in [-0.39, 0.29) is 23.8 Å². The van der Waals surface area contributed by atoms with Gasteiger partial charge in [0.25, 0.3) is 11.5 Å². The van der Waals surface area contributed by atoms with Crippen LogP contribution in [0.4, 0.5) is 10.1 Å². The first kappa shape index (κ1) is 21.2. The molecule has 0 unspecified atom stereocenters. The molecule has 1 amide bonds. The van der Waals surface area contributed by atoms with Gasteiger partial charge in [-0.1, -0.05) is 12.1 Å². The molecule has 0 fully saturated rings. The third-order valence-electron chi connectivity index (χ3n) is 5.12. The van der Waals surface area contributed by atoms with Crippen molar-refractivity contribution >= 4 is 22.6 Å². The van der Waals surface area contributed by atoms with Gasteiger partial charge in [-0.2, -0.15) is 5.10 Å². The molecule has 0 bridgehead atoms. The van der Waals surface area contributed by atoms with E-state index in [1.807, 2.05) is 31.1 Å². The van der Waals surface area contributed by atoms with Gasteiger partial charge in [0, 0.05) is 31.9 Å². The second-order valence-electron chi connectivity index (χ2n) is 7.61. The van der Waals surface area contributed by atoms with E-state index in [2.05, 4.69) is 15.4 Å². The molecule has 2 heterocycles. The van der Waals surface area contributed by atoms with E-state index in [1.165, 1.54) is 29.2 Å². The molecule has 9 heteroatoms. The average Bonchev–Trinajstić information content (AvgIpc) is 3.19. The molecule has 4 aromatic rings. The molecule has 2 aromatic heterocycles. The van der Waals surface area contributed by atoms with E-state index in [0.29, 0.717) is 35.2 Å². The molecule has 32 heavy (non-hydrogen) atoms. The second kappa shape index (κ2) is 9.01. The highest BCUT2D eigenvalue weighted by Crippen LogP contribution is 2.12. The van der Waals surface area contributed by atoms with Crippen molar-refractivity contribution in [1.29, 1.82) is 0 Å². The monoisotopic (exact) mass is 434 g/mol. The molecule has 0 saturated carbocycles. The molecule has 2 aromatic carbocycles. The van der Waals surface area contributed by atoms with Crippen molar-refractivity contribution in [1.82, 2.24) is 24.6 Å². The van der Waals surface area contributed by atoms with Crippen LogP contribution in [0.1, 0.15) is 15.9 Å². The molecular weight excluding hydrogens is 411 g/mol. The predicted molar refractivity (Wildman–Crippen MR) is 120 cm³/mol. The van der Waals surface area contributed by atoms with Crippen LogP contribution in [0, 0.1) is 5.82 Å². The number of hydrogen-bond acceptors (Lipinski definition) is 5. The number of carbonyl (C=O) groups is 1. The van der Waals surface area contributed by atoms with E-state index in [9.17, 15) is 14.0 Å². The minimum atomic E-state index is -0.354. The maximum absolute atomic E-state index is 13.4. The zero-order chi connectivity index (χ0) is 22.7. The SMILES string of the molecule is CN(C)c1ccc(C(=O)NCCn2ncc3c(=O)n(Cc4cccc(F)c4)cnc32)cc1. The van der Waals surface area contributed by atoms with Crippen LogP contribution in [0.25, 0.3) is 11.0 Å². The Bertz CT molecular complexity index is 1310. The van der Waals surface area contributed by atoms with Crippen LogP contribution in [-0.4, -0.2) is 45.9 Å². The van der Waals surface area contributed by atoms with Gasteiger partial charge in [-0.15, -0.1) is 0 Å². The molecule has 1 N–H and O–H groups in total. The maximum Gasteiger partial charge on any atom is 0.264 e. The van der Waals surface area contributed by atoms with E-state index in [0.717, 1.165) is 5.69 Å². The van der Waals surface area contributed by atoms with Crippen LogP contribution in [-0.2, 0) is 13.1 Å². The van der Waals surface area contributed by atoms with Crippen LogP contribution in [0.2, 0.25) is 0 Å². The normalized spacial score (nSPS) is 11.0. The fourth-order valence-electron chi connectivity index (χ4n) is 3.39. The number of amides is 1. The standard InChI is InChI=1S/C23H23FN6O2/c1-28(2)19-8-6-17(7-9-19)22(31)25-10-11-30-21-20(13-27-30)23(32)29(15-26-21)14-16-4-3-5-18(24)12-16/h3-9,12-13,15H,10-11,14H2,1-2H3,(H,25,31). The predicted octanol–water partition coefficient (Wildman–Crippen LogP) is 2.28. The highest BCUT2D eigenvalue weighted by molar-refractivity contribution is 5.94. The Morgan fingerprint density at radius 1 is 1.16 bits per heavy atom. The molecule has 0 aliphatic rings. The van der Waals surface area contributed by atoms with Crippen molar-refractivity contribution in [2.24, 2.45) is 0 Å². The van der Waals surface area contributed by atoms with Gasteiger partial charge < -0.3 is 10.2 Å². The molecule has 8 nitrogen and oxygen atoms in total. The van der Waals surface area contributed by atoms with Crippen molar-refractivity contribution in [2.45, 2.75) is 13.1 Å². The zero-order valence-electron chi connectivity index (χ0n) is 17.8. The van der Waals surface area contributed by atoms with Gasteiger partial charge in [0.05, 0.1) is 19.3 Å².